The summed E-state index contributed by atoms with van der Waals surface area (Å²) in [6.07, 6.45) is 4.79. The standard InChI is InChI=1S/C20H30N4O2S.ClH/c1-12(2)14(21)9-11-23(4)20(26)17-13(3)16-18(27-17)22-15-8-6-5-7-10-24(15)19(16)25;/h12,14H,5-11,21H2,1-4H3;1H. The lowest BCUT2D eigenvalue weighted by Crippen LogP contribution is -2.34. The molecule has 0 radical (unpaired) electrons. The van der Waals surface area contributed by atoms with E-state index in [-0.39, 0.29) is 29.9 Å². The molecule has 0 aromatic carbocycles. The topological polar surface area (TPSA) is 81.2 Å². The van der Waals surface area contributed by atoms with Gasteiger partial charge in [-0.2, -0.15) is 0 Å². The lowest BCUT2D eigenvalue weighted by atomic mass is 10.0. The summed E-state index contributed by atoms with van der Waals surface area (Å²) in [6, 6.07) is 0.0747. The van der Waals surface area contributed by atoms with Gasteiger partial charge in [-0.05, 0) is 37.7 Å². The minimum atomic E-state index is -0.0500. The SMILES string of the molecule is Cc1c(C(=O)N(C)CCC(N)C(C)C)sc2nc3n(c(=O)c12)CCCCC3.Cl. The average molecular weight is 427 g/mol. The number of carbonyl (C=O) groups excluding carboxylic acids is 1. The Labute approximate surface area is 176 Å². The lowest BCUT2D eigenvalue weighted by molar-refractivity contribution is 0.0793. The zero-order chi connectivity index (χ0) is 19.7. The lowest BCUT2D eigenvalue weighted by Gasteiger charge is -2.21. The molecule has 0 fully saturated rings. The first-order chi connectivity index (χ1) is 12.8. The van der Waals surface area contributed by atoms with Crippen LogP contribution in [-0.4, -0.2) is 40.0 Å². The van der Waals surface area contributed by atoms with Crippen LogP contribution in [0.3, 0.4) is 0 Å². The van der Waals surface area contributed by atoms with Crippen molar-refractivity contribution in [1.29, 1.82) is 0 Å². The van der Waals surface area contributed by atoms with Gasteiger partial charge in [0.25, 0.3) is 11.5 Å². The third-order valence-corrected chi connectivity index (χ3v) is 6.78. The fourth-order valence-corrected chi connectivity index (χ4v) is 4.75. The van der Waals surface area contributed by atoms with Gasteiger partial charge >= 0.3 is 0 Å². The molecule has 2 N–H and O–H groups in total. The highest BCUT2D eigenvalue weighted by molar-refractivity contribution is 7.20. The number of aromatic nitrogens is 2. The van der Waals surface area contributed by atoms with E-state index >= 15 is 0 Å². The highest BCUT2D eigenvalue weighted by Crippen LogP contribution is 2.29. The van der Waals surface area contributed by atoms with Gasteiger partial charge in [0.2, 0.25) is 0 Å². The second-order valence-electron chi connectivity index (χ2n) is 7.96. The van der Waals surface area contributed by atoms with Gasteiger partial charge in [-0.3, -0.25) is 14.2 Å². The maximum Gasteiger partial charge on any atom is 0.264 e. The summed E-state index contributed by atoms with van der Waals surface area (Å²) in [5.74, 6) is 1.20. The summed E-state index contributed by atoms with van der Waals surface area (Å²) in [7, 11) is 1.80. The van der Waals surface area contributed by atoms with E-state index in [9.17, 15) is 9.59 Å². The molecule has 0 saturated heterocycles. The Morgan fingerprint density at radius 3 is 2.71 bits per heavy atom. The summed E-state index contributed by atoms with van der Waals surface area (Å²) in [4.78, 5) is 33.8. The third-order valence-electron chi connectivity index (χ3n) is 5.61. The summed E-state index contributed by atoms with van der Waals surface area (Å²) in [5, 5.41) is 0.612. The second kappa shape index (κ2) is 9.37. The number of halogens is 1. The van der Waals surface area contributed by atoms with Gasteiger partial charge in [-0.1, -0.05) is 20.3 Å². The smallest absolute Gasteiger partial charge is 0.264 e. The molecular weight excluding hydrogens is 396 g/mol. The van der Waals surface area contributed by atoms with Crippen molar-refractivity contribution in [3.8, 4) is 0 Å². The number of carbonyl (C=O) groups is 1. The van der Waals surface area contributed by atoms with E-state index < -0.39 is 0 Å². The van der Waals surface area contributed by atoms with E-state index in [2.05, 4.69) is 13.8 Å². The average Bonchev–Trinajstić information content (AvgIpc) is 2.81. The van der Waals surface area contributed by atoms with Crippen molar-refractivity contribution in [3.63, 3.8) is 0 Å². The molecule has 3 rings (SSSR count). The molecule has 0 saturated carbocycles. The first-order valence-electron chi connectivity index (χ1n) is 9.85. The van der Waals surface area contributed by atoms with E-state index in [1.54, 1.807) is 11.9 Å². The molecular formula is C20H31ClN4O2S. The van der Waals surface area contributed by atoms with Crippen molar-refractivity contribution in [3.05, 3.63) is 26.6 Å². The molecule has 1 atom stereocenters. The van der Waals surface area contributed by atoms with Gasteiger partial charge < -0.3 is 10.6 Å². The summed E-state index contributed by atoms with van der Waals surface area (Å²) in [5.41, 5.74) is 6.88. The molecule has 1 aliphatic heterocycles. The summed E-state index contributed by atoms with van der Waals surface area (Å²) in [6.45, 7) is 7.38. The number of nitrogens with zero attached hydrogens (tertiary/aromatic N) is 3. The van der Waals surface area contributed by atoms with Crippen molar-refractivity contribution < 1.29 is 4.79 Å². The van der Waals surface area contributed by atoms with Crippen molar-refractivity contribution >= 4 is 39.9 Å². The Morgan fingerprint density at radius 2 is 2.04 bits per heavy atom. The number of hydrogen-bond donors (Lipinski definition) is 1. The fourth-order valence-electron chi connectivity index (χ4n) is 3.56. The Hall–Kier alpha value is -1.44. The molecule has 156 valence electrons. The molecule has 0 bridgehead atoms. The van der Waals surface area contributed by atoms with Crippen LogP contribution >= 0.6 is 23.7 Å². The van der Waals surface area contributed by atoms with E-state index in [1.807, 2.05) is 11.5 Å². The monoisotopic (exact) mass is 426 g/mol. The van der Waals surface area contributed by atoms with Gasteiger partial charge in [-0.25, -0.2) is 4.98 Å². The predicted octanol–water partition coefficient (Wildman–Crippen LogP) is 3.36. The zero-order valence-corrected chi connectivity index (χ0v) is 18.8. The Bertz CT molecular complexity index is 906. The molecule has 1 unspecified atom stereocenters. The molecule has 1 aliphatic rings. The van der Waals surface area contributed by atoms with Crippen LogP contribution in [0.4, 0.5) is 0 Å². The van der Waals surface area contributed by atoms with Crippen molar-refractivity contribution in [1.82, 2.24) is 14.5 Å². The molecule has 2 aromatic rings. The molecule has 3 heterocycles. The molecule has 0 aliphatic carbocycles. The number of nitrogens with two attached hydrogens (primary N) is 1. The highest BCUT2D eigenvalue weighted by atomic mass is 35.5. The van der Waals surface area contributed by atoms with Crippen LogP contribution in [0, 0.1) is 12.8 Å². The molecule has 28 heavy (non-hydrogen) atoms. The second-order valence-corrected chi connectivity index (χ2v) is 8.95. The van der Waals surface area contributed by atoms with Gasteiger partial charge in [0, 0.05) is 32.6 Å². The molecule has 2 aromatic heterocycles. The zero-order valence-electron chi connectivity index (χ0n) is 17.2. The number of thiophene rings is 1. The van der Waals surface area contributed by atoms with E-state index in [4.69, 9.17) is 10.7 Å². The van der Waals surface area contributed by atoms with Crippen molar-refractivity contribution in [2.75, 3.05) is 13.6 Å². The fraction of sp³-hybridized carbons (Fsp3) is 0.650. The Kier molecular flexibility index (Phi) is 7.65. The first-order valence-corrected chi connectivity index (χ1v) is 10.7. The number of hydrogen-bond acceptors (Lipinski definition) is 5. The van der Waals surface area contributed by atoms with Crippen LogP contribution in [-0.2, 0) is 13.0 Å². The third kappa shape index (κ3) is 4.42. The first kappa shape index (κ1) is 22.8. The quantitative estimate of drug-likeness (QED) is 0.794. The van der Waals surface area contributed by atoms with Crippen LogP contribution in [0.2, 0.25) is 0 Å². The molecule has 8 heteroatoms. The highest BCUT2D eigenvalue weighted by Gasteiger charge is 2.24. The predicted molar refractivity (Wildman–Crippen MR) is 118 cm³/mol. The van der Waals surface area contributed by atoms with Crippen molar-refractivity contribution in [2.24, 2.45) is 11.7 Å². The Morgan fingerprint density at radius 1 is 1.32 bits per heavy atom. The summed E-state index contributed by atoms with van der Waals surface area (Å²) < 4.78 is 1.81. The van der Waals surface area contributed by atoms with Gasteiger partial charge in [0.1, 0.15) is 10.7 Å². The van der Waals surface area contributed by atoms with E-state index in [0.29, 0.717) is 27.6 Å². The minimum absolute atomic E-state index is 0. The molecule has 0 spiro atoms. The van der Waals surface area contributed by atoms with Crippen LogP contribution in [0.5, 0.6) is 0 Å². The number of amides is 1. The van der Waals surface area contributed by atoms with Crippen LogP contribution in [0.15, 0.2) is 4.79 Å². The Balaban J connectivity index is 0.00000280. The maximum atomic E-state index is 13.0. The van der Waals surface area contributed by atoms with Crippen LogP contribution < -0.4 is 11.3 Å². The maximum absolute atomic E-state index is 13.0. The molecule has 1 amide bonds. The number of rotatable bonds is 5. The van der Waals surface area contributed by atoms with Gasteiger partial charge in [-0.15, -0.1) is 23.7 Å². The summed E-state index contributed by atoms with van der Waals surface area (Å²) >= 11 is 1.35. The van der Waals surface area contributed by atoms with Gasteiger partial charge in [0.15, 0.2) is 0 Å². The van der Waals surface area contributed by atoms with Crippen LogP contribution in [0.1, 0.15) is 60.6 Å². The van der Waals surface area contributed by atoms with Crippen molar-refractivity contribution in [2.45, 2.75) is 65.5 Å². The molecule has 6 nitrogen and oxygen atoms in total. The van der Waals surface area contributed by atoms with Crippen LogP contribution in [0.25, 0.3) is 10.2 Å². The largest absolute Gasteiger partial charge is 0.341 e. The van der Waals surface area contributed by atoms with E-state index in [0.717, 1.165) is 50.0 Å². The number of aryl methyl sites for hydroxylation is 2. The minimum Gasteiger partial charge on any atom is -0.341 e. The normalized spacial score (nSPS) is 15.1. The van der Waals surface area contributed by atoms with Gasteiger partial charge in [0.05, 0.1) is 10.3 Å². The number of fused-ring (bicyclic) bond motifs is 2. The van der Waals surface area contributed by atoms with E-state index in [1.165, 1.54) is 11.3 Å².